The molecule has 0 aromatic heterocycles. The minimum Gasteiger partial charge on any atom is -0.292 e. The highest BCUT2D eigenvalue weighted by Gasteiger charge is 2.12. The molecule has 0 saturated heterocycles. The molecule has 2 aromatic rings. The Balaban J connectivity index is 2.20. The van der Waals surface area contributed by atoms with Gasteiger partial charge in [0.25, 0.3) is 5.91 Å². The van der Waals surface area contributed by atoms with E-state index in [1.807, 2.05) is 36.4 Å². The number of imide groups is 1. The highest BCUT2D eigenvalue weighted by molar-refractivity contribution is 9.09. The fourth-order valence-corrected chi connectivity index (χ4v) is 2.19. The van der Waals surface area contributed by atoms with Crippen molar-refractivity contribution >= 4 is 38.5 Å². The van der Waals surface area contributed by atoms with Crippen LogP contribution in [0.2, 0.25) is 0 Å². The first-order chi connectivity index (χ1) is 9.22. The molecule has 19 heavy (non-hydrogen) atoms. The molecule has 1 N–H and O–H groups in total. The number of halogens is 1. The summed E-state index contributed by atoms with van der Waals surface area (Å²) in [6.45, 7) is 0. The van der Waals surface area contributed by atoms with Gasteiger partial charge in [-0.25, -0.2) is 0 Å². The molecule has 0 aliphatic heterocycles. The summed E-state index contributed by atoms with van der Waals surface area (Å²) in [5.74, 6) is -0.575. The molecule has 0 radical (unpaired) electrons. The number of hydrogen-bond donors (Lipinski definition) is 1. The van der Waals surface area contributed by atoms with Gasteiger partial charge in [-0.05, 0) is 23.3 Å². The molecule has 0 fully saturated rings. The molecule has 0 bridgehead atoms. The van der Waals surface area contributed by atoms with Gasteiger partial charge in [0.05, 0.1) is 0 Å². The lowest BCUT2D eigenvalue weighted by Crippen LogP contribution is -2.30. The second-order valence-corrected chi connectivity index (χ2v) is 4.99. The van der Waals surface area contributed by atoms with E-state index in [0.717, 1.165) is 16.1 Å². The van der Waals surface area contributed by atoms with Crippen molar-refractivity contribution in [3.63, 3.8) is 0 Å². The maximum atomic E-state index is 12.1. The van der Waals surface area contributed by atoms with Crippen LogP contribution >= 0.6 is 15.9 Å². The van der Waals surface area contributed by atoms with Crippen molar-refractivity contribution in [2.24, 2.45) is 0 Å². The Morgan fingerprint density at radius 3 is 2.58 bits per heavy atom. The molecule has 2 aromatic carbocycles. The van der Waals surface area contributed by atoms with Gasteiger partial charge in [-0.1, -0.05) is 52.3 Å². The summed E-state index contributed by atoms with van der Waals surface area (Å²) < 4.78 is 0. The largest absolute Gasteiger partial charge is 0.292 e. The second kappa shape index (κ2) is 6.48. The SMILES string of the molecule is O=C(CCCBr)NC(=O)c1cccc2ccccc12. The smallest absolute Gasteiger partial charge is 0.258 e. The number of nitrogens with one attached hydrogen (secondary N) is 1. The van der Waals surface area contributed by atoms with Crippen LogP contribution < -0.4 is 5.32 Å². The van der Waals surface area contributed by atoms with Gasteiger partial charge in [-0.2, -0.15) is 0 Å². The van der Waals surface area contributed by atoms with E-state index in [1.165, 1.54) is 0 Å². The van der Waals surface area contributed by atoms with E-state index in [4.69, 9.17) is 0 Å². The van der Waals surface area contributed by atoms with Crippen LogP contribution in [0.1, 0.15) is 23.2 Å². The average Bonchev–Trinajstić information content (AvgIpc) is 2.44. The highest BCUT2D eigenvalue weighted by Crippen LogP contribution is 2.18. The molecule has 98 valence electrons. The minimum atomic E-state index is -0.337. The zero-order chi connectivity index (χ0) is 13.7. The van der Waals surface area contributed by atoms with E-state index in [0.29, 0.717) is 18.4 Å². The molecular weight excluding hydrogens is 306 g/mol. The Bertz CT molecular complexity index is 605. The van der Waals surface area contributed by atoms with Crippen LogP contribution in [0.4, 0.5) is 0 Å². The quantitative estimate of drug-likeness (QED) is 0.879. The molecule has 2 rings (SSSR count). The topological polar surface area (TPSA) is 46.2 Å². The second-order valence-electron chi connectivity index (χ2n) is 4.20. The zero-order valence-electron chi connectivity index (χ0n) is 10.4. The number of alkyl halides is 1. The fraction of sp³-hybridized carbons (Fsp3) is 0.200. The predicted molar refractivity (Wildman–Crippen MR) is 79.4 cm³/mol. The Hall–Kier alpha value is -1.68. The number of fused-ring (bicyclic) bond motifs is 1. The molecule has 0 aliphatic rings. The molecule has 0 spiro atoms. The number of carbonyl (C=O) groups is 2. The molecule has 3 nitrogen and oxygen atoms in total. The lowest BCUT2D eigenvalue weighted by atomic mass is 10.0. The summed E-state index contributed by atoms with van der Waals surface area (Å²) in [4.78, 5) is 23.7. The fourth-order valence-electron chi connectivity index (χ4n) is 1.91. The van der Waals surface area contributed by atoms with Crippen LogP contribution in [-0.4, -0.2) is 17.1 Å². The van der Waals surface area contributed by atoms with Gasteiger partial charge >= 0.3 is 0 Å². The highest BCUT2D eigenvalue weighted by atomic mass is 79.9. The van der Waals surface area contributed by atoms with Crippen molar-refractivity contribution < 1.29 is 9.59 Å². The third kappa shape index (κ3) is 3.41. The lowest BCUT2D eigenvalue weighted by Gasteiger charge is -2.06. The van der Waals surface area contributed by atoms with Gasteiger partial charge in [0.2, 0.25) is 5.91 Å². The van der Waals surface area contributed by atoms with Crippen molar-refractivity contribution in [3.8, 4) is 0 Å². The van der Waals surface area contributed by atoms with Crippen LogP contribution in [0.3, 0.4) is 0 Å². The Morgan fingerprint density at radius 2 is 1.79 bits per heavy atom. The number of rotatable bonds is 4. The Kier molecular flexibility index (Phi) is 4.68. The first-order valence-corrected chi connectivity index (χ1v) is 7.22. The van der Waals surface area contributed by atoms with Crippen LogP contribution in [0, 0.1) is 0 Å². The first kappa shape index (κ1) is 13.7. The van der Waals surface area contributed by atoms with Crippen LogP contribution in [-0.2, 0) is 4.79 Å². The monoisotopic (exact) mass is 319 g/mol. The Labute approximate surface area is 120 Å². The predicted octanol–water partition coefficient (Wildman–Crippen LogP) is 3.27. The number of benzene rings is 2. The van der Waals surface area contributed by atoms with Crippen molar-refractivity contribution in [1.82, 2.24) is 5.32 Å². The number of carbonyl (C=O) groups excluding carboxylic acids is 2. The van der Waals surface area contributed by atoms with E-state index < -0.39 is 0 Å². The summed E-state index contributed by atoms with van der Waals surface area (Å²) in [6, 6.07) is 13.1. The first-order valence-electron chi connectivity index (χ1n) is 6.10. The molecule has 0 unspecified atom stereocenters. The van der Waals surface area contributed by atoms with Crippen LogP contribution in [0.5, 0.6) is 0 Å². The van der Waals surface area contributed by atoms with Crippen molar-refractivity contribution in [3.05, 3.63) is 48.0 Å². The summed E-state index contributed by atoms with van der Waals surface area (Å²) in [7, 11) is 0. The van der Waals surface area contributed by atoms with E-state index in [2.05, 4.69) is 21.2 Å². The Morgan fingerprint density at radius 1 is 1.05 bits per heavy atom. The van der Waals surface area contributed by atoms with E-state index in [9.17, 15) is 9.59 Å². The third-order valence-corrected chi connectivity index (χ3v) is 3.39. The standard InChI is InChI=1S/C15H14BrNO2/c16-10-4-9-14(18)17-15(19)13-8-3-6-11-5-1-2-7-12(11)13/h1-3,5-8H,4,9-10H2,(H,17,18,19). The molecule has 0 heterocycles. The molecule has 0 saturated carbocycles. The normalized spacial score (nSPS) is 10.4. The van der Waals surface area contributed by atoms with Gasteiger partial charge in [-0.3, -0.25) is 14.9 Å². The van der Waals surface area contributed by atoms with Crippen LogP contribution in [0.15, 0.2) is 42.5 Å². The molecule has 0 atom stereocenters. The van der Waals surface area contributed by atoms with E-state index in [-0.39, 0.29) is 11.8 Å². The summed E-state index contributed by atoms with van der Waals surface area (Å²) in [6.07, 6.45) is 1.07. The summed E-state index contributed by atoms with van der Waals surface area (Å²) >= 11 is 3.26. The minimum absolute atomic E-state index is 0.239. The van der Waals surface area contributed by atoms with Gasteiger partial charge < -0.3 is 0 Å². The maximum Gasteiger partial charge on any atom is 0.258 e. The van der Waals surface area contributed by atoms with Crippen molar-refractivity contribution in [1.29, 1.82) is 0 Å². The molecule has 0 aliphatic carbocycles. The van der Waals surface area contributed by atoms with Gasteiger partial charge in [0.15, 0.2) is 0 Å². The third-order valence-electron chi connectivity index (χ3n) is 2.82. The van der Waals surface area contributed by atoms with E-state index >= 15 is 0 Å². The van der Waals surface area contributed by atoms with Crippen molar-refractivity contribution in [2.75, 3.05) is 5.33 Å². The van der Waals surface area contributed by atoms with Crippen molar-refractivity contribution in [2.45, 2.75) is 12.8 Å². The average molecular weight is 320 g/mol. The number of amides is 2. The molecule has 2 amide bonds. The summed E-state index contributed by atoms with van der Waals surface area (Å²) in [5.41, 5.74) is 0.533. The van der Waals surface area contributed by atoms with Gasteiger partial charge in [0.1, 0.15) is 0 Å². The summed E-state index contributed by atoms with van der Waals surface area (Å²) in [5, 5.41) is 5.02. The van der Waals surface area contributed by atoms with Crippen LogP contribution in [0.25, 0.3) is 10.8 Å². The molecular formula is C15H14BrNO2. The van der Waals surface area contributed by atoms with Gasteiger partial charge in [0, 0.05) is 17.3 Å². The van der Waals surface area contributed by atoms with Gasteiger partial charge in [-0.15, -0.1) is 0 Å². The maximum absolute atomic E-state index is 12.1. The number of hydrogen-bond acceptors (Lipinski definition) is 2. The zero-order valence-corrected chi connectivity index (χ0v) is 11.9. The lowest BCUT2D eigenvalue weighted by molar-refractivity contribution is -0.120. The van der Waals surface area contributed by atoms with E-state index in [1.54, 1.807) is 6.07 Å². The molecule has 4 heteroatoms.